The van der Waals surface area contributed by atoms with Crippen LogP contribution >= 0.6 is 11.6 Å². The minimum Gasteiger partial charge on any atom is -0.484 e. The fraction of sp³-hybridized carbons (Fsp3) is 0.364. The van der Waals surface area contributed by atoms with Gasteiger partial charge in [-0.3, -0.25) is 4.79 Å². The number of nitriles is 1. The predicted octanol–water partition coefficient (Wildman–Crippen LogP) is 5.31. The second kappa shape index (κ2) is 8.02. The second-order valence-electron chi connectivity index (χ2n) is 7.19. The molecular weight excluding hydrogens is 360 g/mol. The molecule has 0 saturated heterocycles. The molecule has 27 heavy (non-hydrogen) atoms. The molecule has 1 amide bonds. The Labute approximate surface area is 165 Å². The van der Waals surface area contributed by atoms with Crippen molar-refractivity contribution in [1.29, 1.82) is 5.26 Å². The first-order chi connectivity index (χ1) is 12.9. The van der Waals surface area contributed by atoms with Crippen molar-refractivity contribution < 1.29 is 9.53 Å². The summed E-state index contributed by atoms with van der Waals surface area (Å²) in [5, 5.41) is 13.1. The lowest BCUT2D eigenvalue weighted by Crippen LogP contribution is -2.21. The minimum atomic E-state index is -0.365. The van der Waals surface area contributed by atoms with E-state index in [0.29, 0.717) is 16.5 Å². The number of carbonyl (C=O) groups excluding carboxylic acids is 1. The van der Waals surface area contributed by atoms with Gasteiger partial charge < -0.3 is 10.1 Å². The standard InChI is InChI=1S/C22H23ClN2O2/c1-15-11-19(12-16(2)21(15)23)27-13-20(26)25-18-7-5-17(6-8-18)22(14-24)9-3-4-10-22/h5-8,11-12H,3-4,9-10,13H2,1-2H3,(H,25,26). The Kier molecular flexibility index (Phi) is 5.72. The molecule has 140 valence electrons. The molecule has 1 N–H and O–H groups in total. The van der Waals surface area contributed by atoms with Gasteiger partial charge in [-0.1, -0.05) is 36.6 Å². The van der Waals surface area contributed by atoms with Gasteiger partial charge in [0.2, 0.25) is 0 Å². The molecule has 1 aliphatic rings. The highest BCUT2D eigenvalue weighted by Crippen LogP contribution is 2.40. The van der Waals surface area contributed by atoms with Crippen LogP contribution in [0.5, 0.6) is 5.75 Å². The van der Waals surface area contributed by atoms with Crippen molar-refractivity contribution in [3.63, 3.8) is 0 Å². The van der Waals surface area contributed by atoms with Gasteiger partial charge in [0.1, 0.15) is 5.75 Å². The highest BCUT2D eigenvalue weighted by Gasteiger charge is 2.35. The number of ether oxygens (including phenoxy) is 1. The molecular formula is C22H23ClN2O2. The van der Waals surface area contributed by atoms with Gasteiger partial charge in [0.15, 0.2) is 6.61 Å². The summed E-state index contributed by atoms with van der Waals surface area (Å²) in [4.78, 5) is 12.2. The van der Waals surface area contributed by atoms with E-state index < -0.39 is 0 Å². The highest BCUT2D eigenvalue weighted by atomic mass is 35.5. The number of hydrogen-bond acceptors (Lipinski definition) is 3. The van der Waals surface area contributed by atoms with Gasteiger partial charge in [-0.15, -0.1) is 0 Å². The first-order valence-corrected chi connectivity index (χ1v) is 9.52. The van der Waals surface area contributed by atoms with E-state index in [2.05, 4.69) is 11.4 Å². The van der Waals surface area contributed by atoms with E-state index in [-0.39, 0.29) is 17.9 Å². The third kappa shape index (κ3) is 4.26. The first-order valence-electron chi connectivity index (χ1n) is 9.15. The fourth-order valence-corrected chi connectivity index (χ4v) is 3.76. The Hall–Kier alpha value is -2.51. The van der Waals surface area contributed by atoms with E-state index in [4.69, 9.17) is 16.3 Å². The lowest BCUT2D eigenvalue weighted by Gasteiger charge is -2.21. The normalized spacial score (nSPS) is 15.2. The summed E-state index contributed by atoms with van der Waals surface area (Å²) in [6.45, 7) is 3.73. The van der Waals surface area contributed by atoms with E-state index >= 15 is 0 Å². The number of benzene rings is 2. The Morgan fingerprint density at radius 2 is 1.78 bits per heavy atom. The molecule has 2 aromatic rings. The first kappa shape index (κ1) is 19.3. The molecule has 0 atom stereocenters. The van der Waals surface area contributed by atoms with Crippen molar-refractivity contribution in [3.8, 4) is 11.8 Å². The fourth-order valence-electron chi connectivity index (χ4n) is 3.65. The molecule has 2 aromatic carbocycles. The number of anilines is 1. The van der Waals surface area contributed by atoms with Crippen molar-refractivity contribution in [3.05, 3.63) is 58.1 Å². The average molecular weight is 383 g/mol. The molecule has 1 fully saturated rings. The van der Waals surface area contributed by atoms with E-state index in [9.17, 15) is 10.1 Å². The van der Waals surface area contributed by atoms with Gasteiger partial charge in [-0.25, -0.2) is 0 Å². The molecule has 1 saturated carbocycles. The van der Waals surface area contributed by atoms with Crippen LogP contribution in [0.1, 0.15) is 42.4 Å². The minimum absolute atomic E-state index is 0.0790. The van der Waals surface area contributed by atoms with Gasteiger partial charge in [0.25, 0.3) is 5.91 Å². The summed E-state index contributed by atoms with van der Waals surface area (Å²) < 4.78 is 5.58. The molecule has 4 nitrogen and oxygen atoms in total. The van der Waals surface area contributed by atoms with E-state index in [0.717, 1.165) is 42.4 Å². The van der Waals surface area contributed by atoms with E-state index in [1.165, 1.54) is 0 Å². The molecule has 3 rings (SSSR count). The van der Waals surface area contributed by atoms with Gasteiger partial charge in [0, 0.05) is 10.7 Å². The molecule has 0 unspecified atom stereocenters. The van der Waals surface area contributed by atoms with Crippen LogP contribution in [0, 0.1) is 25.2 Å². The predicted molar refractivity (Wildman–Crippen MR) is 107 cm³/mol. The Morgan fingerprint density at radius 3 is 2.33 bits per heavy atom. The van der Waals surface area contributed by atoms with Crippen LogP contribution in [0.2, 0.25) is 5.02 Å². The molecule has 0 aromatic heterocycles. The van der Waals surface area contributed by atoms with Crippen molar-refractivity contribution >= 4 is 23.2 Å². The van der Waals surface area contributed by atoms with Crippen LogP contribution in [0.3, 0.4) is 0 Å². The van der Waals surface area contributed by atoms with Gasteiger partial charge in [0.05, 0.1) is 11.5 Å². The SMILES string of the molecule is Cc1cc(OCC(=O)Nc2ccc(C3(C#N)CCCC3)cc2)cc(C)c1Cl. The van der Waals surface area contributed by atoms with Crippen LogP contribution in [0.15, 0.2) is 36.4 Å². The second-order valence-corrected chi connectivity index (χ2v) is 7.56. The summed E-state index contributed by atoms with van der Waals surface area (Å²) in [6.07, 6.45) is 3.99. The van der Waals surface area contributed by atoms with Gasteiger partial charge in [-0.05, 0) is 67.6 Å². The largest absolute Gasteiger partial charge is 0.484 e. The smallest absolute Gasteiger partial charge is 0.262 e. The number of carbonyl (C=O) groups is 1. The van der Waals surface area contributed by atoms with E-state index in [1.54, 1.807) is 0 Å². The Balaban J connectivity index is 1.59. The maximum Gasteiger partial charge on any atom is 0.262 e. The summed E-state index contributed by atoms with van der Waals surface area (Å²) in [5.74, 6) is 0.390. The molecule has 0 spiro atoms. The Morgan fingerprint density at radius 1 is 1.19 bits per heavy atom. The number of nitrogens with one attached hydrogen (secondary N) is 1. The highest BCUT2D eigenvalue weighted by molar-refractivity contribution is 6.32. The maximum absolute atomic E-state index is 12.2. The third-order valence-corrected chi connectivity index (χ3v) is 5.77. The van der Waals surface area contributed by atoms with Crippen LogP contribution in [0.25, 0.3) is 0 Å². The van der Waals surface area contributed by atoms with E-state index in [1.807, 2.05) is 50.2 Å². The third-order valence-electron chi connectivity index (χ3n) is 5.17. The lowest BCUT2D eigenvalue weighted by molar-refractivity contribution is -0.118. The number of hydrogen-bond donors (Lipinski definition) is 1. The average Bonchev–Trinajstić information content (AvgIpc) is 3.15. The Bertz CT molecular complexity index is 855. The molecule has 0 heterocycles. The van der Waals surface area contributed by atoms with Crippen LogP contribution < -0.4 is 10.1 Å². The summed E-state index contributed by atoms with van der Waals surface area (Å²) in [7, 11) is 0. The number of nitrogens with zero attached hydrogens (tertiary/aromatic N) is 1. The summed E-state index contributed by atoms with van der Waals surface area (Å²) >= 11 is 6.14. The maximum atomic E-state index is 12.2. The summed E-state index contributed by atoms with van der Waals surface area (Å²) in [5.41, 5.74) is 3.20. The van der Waals surface area contributed by atoms with Gasteiger partial charge in [-0.2, -0.15) is 5.26 Å². The monoisotopic (exact) mass is 382 g/mol. The lowest BCUT2D eigenvalue weighted by atomic mass is 9.80. The number of amides is 1. The zero-order valence-corrected chi connectivity index (χ0v) is 16.4. The summed E-state index contributed by atoms with van der Waals surface area (Å²) in [6, 6.07) is 13.7. The van der Waals surface area contributed by atoms with Crippen molar-refractivity contribution in [2.75, 3.05) is 11.9 Å². The van der Waals surface area contributed by atoms with Crippen molar-refractivity contribution in [1.82, 2.24) is 0 Å². The van der Waals surface area contributed by atoms with Crippen LogP contribution in [0.4, 0.5) is 5.69 Å². The van der Waals surface area contributed by atoms with Crippen molar-refractivity contribution in [2.24, 2.45) is 0 Å². The zero-order chi connectivity index (χ0) is 19.4. The molecule has 0 bridgehead atoms. The van der Waals surface area contributed by atoms with Gasteiger partial charge >= 0.3 is 0 Å². The molecule has 0 aliphatic heterocycles. The number of halogens is 1. The van der Waals surface area contributed by atoms with Crippen LogP contribution in [-0.2, 0) is 10.2 Å². The quantitative estimate of drug-likeness (QED) is 0.762. The molecule has 5 heteroatoms. The molecule has 1 aliphatic carbocycles. The van der Waals surface area contributed by atoms with Crippen molar-refractivity contribution in [2.45, 2.75) is 44.9 Å². The molecule has 0 radical (unpaired) electrons. The topological polar surface area (TPSA) is 62.1 Å². The zero-order valence-electron chi connectivity index (χ0n) is 15.6. The van der Waals surface area contributed by atoms with Crippen LogP contribution in [-0.4, -0.2) is 12.5 Å². The number of aryl methyl sites for hydroxylation is 2. The number of rotatable bonds is 5.